The van der Waals surface area contributed by atoms with E-state index in [2.05, 4.69) is 0 Å². The van der Waals surface area contributed by atoms with Crippen LogP contribution in [0.5, 0.6) is 0 Å². The Hall–Kier alpha value is -0.720. The molecule has 0 fully saturated rings. The summed E-state index contributed by atoms with van der Waals surface area (Å²) in [7, 11) is 1.44. The Labute approximate surface area is 98.0 Å². The number of aryl methyl sites for hydroxylation is 1. The molecule has 0 saturated heterocycles. The van der Waals surface area contributed by atoms with E-state index in [9.17, 15) is 13.2 Å². The Morgan fingerprint density at radius 2 is 1.80 bits per heavy atom. The first-order chi connectivity index (χ1) is 6.93. The van der Waals surface area contributed by atoms with Crippen LogP contribution in [-0.2, 0) is 13.2 Å². The van der Waals surface area contributed by atoms with Crippen LogP contribution >= 0.6 is 22.6 Å². The third-order valence-electron chi connectivity index (χ3n) is 2.31. The van der Waals surface area contributed by atoms with E-state index in [0.29, 0.717) is 10.9 Å². The largest absolute Gasteiger partial charge is 0.432 e. The Bertz CT molecular complexity index is 474. The van der Waals surface area contributed by atoms with Crippen molar-refractivity contribution in [2.45, 2.75) is 6.18 Å². The molecule has 1 heterocycles. The molecule has 1 aromatic carbocycles. The quantitative estimate of drug-likeness (QED) is 0.649. The molecule has 5 heteroatoms. The SMILES string of the molecule is Cn1c(C(F)(F)F)c(I)c2ccccc21. The second-order valence-electron chi connectivity index (χ2n) is 3.24. The number of halogens is 4. The zero-order valence-electron chi connectivity index (χ0n) is 7.77. The predicted molar refractivity (Wildman–Crippen MR) is 60.6 cm³/mol. The summed E-state index contributed by atoms with van der Waals surface area (Å²) in [5.74, 6) is 0. The van der Waals surface area contributed by atoms with Crippen molar-refractivity contribution in [3.05, 3.63) is 33.5 Å². The Kier molecular flexibility index (Phi) is 2.44. The normalized spacial score (nSPS) is 12.3. The predicted octanol–water partition coefficient (Wildman–Crippen LogP) is 3.80. The molecule has 0 unspecified atom stereocenters. The van der Waals surface area contributed by atoms with E-state index in [1.54, 1.807) is 46.9 Å². The average molecular weight is 325 g/mol. The van der Waals surface area contributed by atoms with Crippen molar-refractivity contribution in [3.8, 4) is 0 Å². The molecule has 1 aromatic heterocycles. The average Bonchev–Trinajstić information content (AvgIpc) is 2.39. The maximum atomic E-state index is 12.7. The Morgan fingerprint density at radius 1 is 1.20 bits per heavy atom. The van der Waals surface area contributed by atoms with Crippen molar-refractivity contribution in [2.75, 3.05) is 0 Å². The molecular weight excluding hydrogens is 318 g/mol. The van der Waals surface area contributed by atoms with Gasteiger partial charge in [0, 0.05) is 18.0 Å². The van der Waals surface area contributed by atoms with Crippen molar-refractivity contribution in [3.63, 3.8) is 0 Å². The van der Waals surface area contributed by atoms with Crippen LogP contribution in [-0.4, -0.2) is 4.57 Å². The number of para-hydroxylation sites is 1. The van der Waals surface area contributed by atoms with Gasteiger partial charge in [-0.3, -0.25) is 0 Å². The van der Waals surface area contributed by atoms with E-state index in [1.165, 1.54) is 11.6 Å². The second kappa shape index (κ2) is 3.40. The van der Waals surface area contributed by atoms with E-state index in [0.717, 1.165) is 0 Å². The Balaban J connectivity index is 2.87. The standard InChI is InChI=1S/C10H7F3IN/c1-15-7-5-3-2-4-6(7)8(14)9(15)10(11,12)13/h2-5H,1H3. The summed E-state index contributed by atoms with van der Waals surface area (Å²) in [5, 5.41) is 0.646. The molecule has 0 bridgehead atoms. The number of aromatic nitrogens is 1. The highest BCUT2D eigenvalue weighted by Crippen LogP contribution is 2.37. The highest BCUT2D eigenvalue weighted by molar-refractivity contribution is 14.1. The zero-order chi connectivity index (χ0) is 11.2. The summed E-state index contributed by atoms with van der Waals surface area (Å²) < 4.78 is 39.6. The third-order valence-corrected chi connectivity index (χ3v) is 3.41. The first-order valence-electron chi connectivity index (χ1n) is 4.23. The molecule has 0 radical (unpaired) electrons. The van der Waals surface area contributed by atoms with Gasteiger partial charge in [-0.05, 0) is 28.7 Å². The van der Waals surface area contributed by atoms with Crippen molar-refractivity contribution >= 4 is 33.5 Å². The lowest BCUT2D eigenvalue weighted by Gasteiger charge is -2.08. The van der Waals surface area contributed by atoms with Crippen LogP contribution in [0.15, 0.2) is 24.3 Å². The van der Waals surface area contributed by atoms with Gasteiger partial charge in [-0.1, -0.05) is 18.2 Å². The molecular formula is C10H7F3IN. The highest BCUT2D eigenvalue weighted by Gasteiger charge is 2.37. The maximum absolute atomic E-state index is 12.7. The summed E-state index contributed by atoms with van der Waals surface area (Å²) in [5.41, 5.74) is 0.0264. The van der Waals surface area contributed by atoms with Crippen molar-refractivity contribution < 1.29 is 13.2 Å². The number of hydrogen-bond donors (Lipinski definition) is 0. The van der Waals surface area contributed by atoms with Crippen LogP contribution in [0.2, 0.25) is 0 Å². The lowest BCUT2D eigenvalue weighted by Crippen LogP contribution is -2.12. The smallest absolute Gasteiger partial charge is 0.339 e. The van der Waals surface area contributed by atoms with Crippen LogP contribution in [0.4, 0.5) is 13.2 Å². The van der Waals surface area contributed by atoms with Crippen LogP contribution in [0.25, 0.3) is 10.9 Å². The van der Waals surface area contributed by atoms with Gasteiger partial charge >= 0.3 is 6.18 Å². The van der Waals surface area contributed by atoms with Gasteiger partial charge in [0.2, 0.25) is 0 Å². The van der Waals surface area contributed by atoms with Crippen molar-refractivity contribution in [1.82, 2.24) is 4.57 Å². The molecule has 2 rings (SSSR count). The van der Waals surface area contributed by atoms with Gasteiger partial charge in [0.25, 0.3) is 0 Å². The van der Waals surface area contributed by atoms with Gasteiger partial charge in [-0.25, -0.2) is 0 Å². The molecule has 0 saturated carbocycles. The fourth-order valence-corrected chi connectivity index (χ4v) is 2.79. The molecule has 0 aliphatic heterocycles. The third kappa shape index (κ3) is 1.62. The molecule has 0 aliphatic carbocycles. The summed E-state index contributed by atoms with van der Waals surface area (Å²) in [4.78, 5) is 0. The number of rotatable bonds is 0. The van der Waals surface area contributed by atoms with Crippen LogP contribution in [0, 0.1) is 3.57 Å². The highest BCUT2D eigenvalue weighted by atomic mass is 127. The van der Waals surface area contributed by atoms with Crippen molar-refractivity contribution in [2.24, 2.45) is 7.05 Å². The van der Waals surface area contributed by atoms with Gasteiger partial charge < -0.3 is 4.57 Å². The van der Waals surface area contributed by atoms with Crippen LogP contribution in [0.3, 0.4) is 0 Å². The molecule has 2 aromatic rings. The number of nitrogens with zero attached hydrogens (tertiary/aromatic N) is 1. The van der Waals surface area contributed by atoms with E-state index in [1.807, 2.05) is 0 Å². The minimum Gasteiger partial charge on any atom is -0.339 e. The van der Waals surface area contributed by atoms with E-state index in [-0.39, 0.29) is 3.57 Å². The van der Waals surface area contributed by atoms with Gasteiger partial charge in [0.1, 0.15) is 5.69 Å². The van der Waals surface area contributed by atoms with E-state index in [4.69, 9.17) is 0 Å². The summed E-state index contributed by atoms with van der Waals surface area (Å²) >= 11 is 1.74. The maximum Gasteiger partial charge on any atom is 0.432 e. The first kappa shape index (κ1) is 10.8. The number of alkyl halides is 3. The molecule has 0 aliphatic rings. The fourth-order valence-electron chi connectivity index (χ4n) is 1.66. The fraction of sp³-hybridized carbons (Fsp3) is 0.200. The van der Waals surface area contributed by atoms with Crippen molar-refractivity contribution in [1.29, 1.82) is 0 Å². The minimum absolute atomic E-state index is 0.262. The monoisotopic (exact) mass is 325 g/mol. The number of hydrogen-bond acceptors (Lipinski definition) is 0. The number of benzene rings is 1. The molecule has 15 heavy (non-hydrogen) atoms. The molecule has 0 atom stereocenters. The Morgan fingerprint density at radius 3 is 2.33 bits per heavy atom. The molecule has 80 valence electrons. The van der Waals surface area contributed by atoms with Gasteiger partial charge in [0.15, 0.2) is 0 Å². The number of fused-ring (bicyclic) bond motifs is 1. The minimum atomic E-state index is -4.30. The van der Waals surface area contributed by atoms with E-state index >= 15 is 0 Å². The van der Waals surface area contributed by atoms with Crippen LogP contribution in [0.1, 0.15) is 5.69 Å². The summed E-state index contributed by atoms with van der Waals surface area (Å²) in [6, 6.07) is 6.86. The molecule has 0 N–H and O–H groups in total. The van der Waals surface area contributed by atoms with Gasteiger partial charge in [0.05, 0.1) is 3.57 Å². The van der Waals surface area contributed by atoms with Crippen LogP contribution < -0.4 is 0 Å². The molecule has 0 spiro atoms. The van der Waals surface area contributed by atoms with Gasteiger partial charge in [-0.2, -0.15) is 13.2 Å². The lowest BCUT2D eigenvalue weighted by molar-refractivity contribution is -0.143. The van der Waals surface area contributed by atoms with Gasteiger partial charge in [-0.15, -0.1) is 0 Å². The summed E-state index contributed by atoms with van der Waals surface area (Å²) in [6.07, 6.45) is -4.30. The molecule has 0 amide bonds. The topological polar surface area (TPSA) is 4.93 Å². The zero-order valence-corrected chi connectivity index (χ0v) is 9.93. The van der Waals surface area contributed by atoms with E-state index < -0.39 is 11.9 Å². The summed E-state index contributed by atoms with van der Waals surface area (Å²) in [6.45, 7) is 0. The first-order valence-corrected chi connectivity index (χ1v) is 5.31. The molecule has 1 nitrogen and oxygen atoms in total. The lowest BCUT2D eigenvalue weighted by atomic mass is 10.2. The second-order valence-corrected chi connectivity index (χ2v) is 4.32.